The van der Waals surface area contributed by atoms with Crippen molar-refractivity contribution < 1.29 is 9.90 Å². The van der Waals surface area contributed by atoms with Crippen LogP contribution in [-0.4, -0.2) is 47.1 Å². The minimum atomic E-state index is -0.00704. The Hall–Kier alpha value is -1.62. The van der Waals surface area contributed by atoms with Crippen LogP contribution in [0.3, 0.4) is 0 Å². The van der Waals surface area contributed by atoms with Gasteiger partial charge in [-0.25, -0.2) is 4.98 Å². The molecular formula is C15H23N3O2. The summed E-state index contributed by atoms with van der Waals surface area (Å²) in [6.07, 6.45) is 2.87. The first-order valence-corrected chi connectivity index (χ1v) is 7.35. The van der Waals surface area contributed by atoms with Gasteiger partial charge in [-0.15, -0.1) is 0 Å². The molecule has 0 spiro atoms. The van der Waals surface area contributed by atoms with Gasteiger partial charge in [0.25, 0.3) is 5.91 Å². The van der Waals surface area contributed by atoms with Crippen LogP contribution in [0.15, 0.2) is 18.2 Å². The van der Waals surface area contributed by atoms with Crippen LogP contribution >= 0.6 is 0 Å². The number of hydrogen-bond acceptors (Lipinski definition) is 4. The van der Waals surface area contributed by atoms with E-state index in [1.54, 1.807) is 6.07 Å². The molecule has 1 atom stereocenters. The first kappa shape index (κ1) is 14.8. The number of pyridine rings is 1. The van der Waals surface area contributed by atoms with E-state index in [9.17, 15) is 4.79 Å². The second kappa shape index (κ2) is 7.24. The van der Waals surface area contributed by atoms with Crippen molar-refractivity contribution in [1.82, 2.24) is 9.88 Å². The summed E-state index contributed by atoms with van der Waals surface area (Å²) in [4.78, 5) is 18.7. The van der Waals surface area contributed by atoms with Gasteiger partial charge in [0.1, 0.15) is 11.5 Å². The van der Waals surface area contributed by atoms with Crippen molar-refractivity contribution in [3.63, 3.8) is 0 Å². The summed E-state index contributed by atoms with van der Waals surface area (Å²) in [5.74, 6) is 1.14. The number of nitrogens with zero attached hydrogens (tertiary/aromatic N) is 2. The minimum Gasteiger partial charge on any atom is -0.396 e. The third-order valence-corrected chi connectivity index (χ3v) is 3.67. The Bertz CT molecular complexity index is 448. The van der Waals surface area contributed by atoms with E-state index in [-0.39, 0.29) is 12.5 Å². The molecule has 5 heteroatoms. The highest BCUT2D eigenvalue weighted by molar-refractivity contribution is 5.92. The molecule has 110 valence electrons. The highest BCUT2D eigenvalue weighted by Crippen LogP contribution is 2.20. The first-order valence-electron chi connectivity index (χ1n) is 7.35. The fourth-order valence-corrected chi connectivity index (χ4v) is 2.66. The van der Waals surface area contributed by atoms with Gasteiger partial charge in [-0.1, -0.05) is 6.07 Å². The maximum atomic E-state index is 12.5. The van der Waals surface area contributed by atoms with Crippen LogP contribution in [0.2, 0.25) is 0 Å². The predicted octanol–water partition coefficient (Wildman–Crippen LogP) is 1.75. The fraction of sp³-hybridized carbons (Fsp3) is 0.600. The molecule has 0 aromatic carbocycles. The maximum Gasteiger partial charge on any atom is 0.272 e. The van der Waals surface area contributed by atoms with E-state index in [1.807, 2.05) is 24.0 Å². The SMILES string of the molecule is CCNc1cccc(C(=O)N2CCCC(CCO)C2)n1. The smallest absolute Gasteiger partial charge is 0.272 e. The zero-order chi connectivity index (χ0) is 14.4. The Kier molecular flexibility index (Phi) is 5.35. The summed E-state index contributed by atoms with van der Waals surface area (Å²) in [5, 5.41) is 12.2. The number of likely N-dealkylation sites (tertiary alicyclic amines) is 1. The molecule has 1 fully saturated rings. The normalized spacial score (nSPS) is 18.9. The average Bonchev–Trinajstić information content (AvgIpc) is 2.48. The number of piperidine rings is 1. The van der Waals surface area contributed by atoms with Gasteiger partial charge in [-0.05, 0) is 44.2 Å². The number of rotatable bonds is 5. The van der Waals surface area contributed by atoms with Crippen LogP contribution in [0.5, 0.6) is 0 Å². The summed E-state index contributed by atoms with van der Waals surface area (Å²) >= 11 is 0. The van der Waals surface area contributed by atoms with Crippen molar-refractivity contribution in [1.29, 1.82) is 0 Å². The van der Waals surface area contributed by atoms with E-state index in [0.29, 0.717) is 11.6 Å². The van der Waals surface area contributed by atoms with Gasteiger partial charge < -0.3 is 15.3 Å². The monoisotopic (exact) mass is 277 g/mol. The average molecular weight is 277 g/mol. The highest BCUT2D eigenvalue weighted by atomic mass is 16.3. The largest absolute Gasteiger partial charge is 0.396 e. The Morgan fingerprint density at radius 2 is 2.40 bits per heavy atom. The van der Waals surface area contributed by atoms with Gasteiger partial charge >= 0.3 is 0 Å². The first-order chi connectivity index (χ1) is 9.74. The molecule has 1 aliphatic rings. The van der Waals surface area contributed by atoms with Crippen LogP contribution in [0.4, 0.5) is 5.82 Å². The van der Waals surface area contributed by atoms with Crippen molar-refractivity contribution in [3.05, 3.63) is 23.9 Å². The zero-order valence-corrected chi connectivity index (χ0v) is 12.0. The summed E-state index contributed by atoms with van der Waals surface area (Å²) in [5.41, 5.74) is 0.494. The van der Waals surface area contributed by atoms with E-state index in [0.717, 1.165) is 44.7 Å². The predicted molar refractivity (Wildman–Crippen MR) is 78.7 cm³/mol. The molecule has 0 saturated carbocycles. The molecule has 20 heavy (non-hydrogen) atoms. The number of aliphatic hydroxyl groups is 1. The van der Waals surface area contributed by atoms with Gasteiger partial charge in [-0.3, -0.25) is 4.79 Å². The third-order valence-electron chi connectivity index (χ3n) is 3.67. The topological polar surface area (TPSA) is 65.5 Å². The number of aliphatic hydroxyl groups excluding tert-OH is 1. The second-order valence-electron chi connectivity index (χ2n) is 5.21. The van der Waals surface area contributed by atoms with E-state index >= 15 is 0 Å². The summed E-state index contributed by atoms with van der Waals surface area (Å²) in [6, 6.07) is 5.48. The van der Waals surface area contributed by atoms with Crippen LogP contribution in [0.1, 0.15) is 36.7 Å². The van der Waals surface area contributed by atoms with E-state index in [1.165, 1.54) is 0 Å². The Labute approximate surface area is 120 Å². The van der Waals surface area contributed by atoms with Gasteiger partial charge in [0.2, 0.25) is 0 Å². The second-order valence-corrected chi connectivity index (χ2v) is 5.21. The lowest BCUT2D eigenvalue weighted by atomic mass is 9.95. The summed E-state index contributed by atoms with van der Waals surface area (Å²) in [7, 11) is 0. The Morgan fingerprint density at radius 3 is 3.15 bits per heavy atom. The van der Waals surface area contributed by atoms with E-state index < -0.39 is 0 Å². The van der Waals surface area contributed by atoms with Crippen molar-refractivity contribution in [2.45, 2.75) is 26.2 Å². The standard InChI is InChI=1S/C15H23N3O2/c1-2-16-14-7-3-6-13(17-14)15(20)18-9-4-5-12(11-18)8-10-19/h3,6-7,12,19H,2,4-5,8-11H2,1H3,(H,16,17). The molecule has 0 aliphatic carbocycles. The van der Waals surface area contributed by atoms with Crippen LogP contribution in [0, 0.1) is 5.92 Å². The quantitative estimate of drug-likeness (QED) is 0.860. The van der Waals surface area contributed by atoms with Crippen LogP contribution in [0.25, 0.3) is 0 Å². The van der Waals surface area contributed by atoms with Crippen molar-refractivity contribution in [2.75, 3.05) is 31.6 Å². The number of carbonyl (C=O) groups is 1. The van der Waals surface area contributed by atoms with E-state index in [4.69, 9.17) is 5.11 Å². The molecule has 1 unspecified atom stereocenters. The molecule has 1 amide bonds. The van der Waals surface area contributed by atoms with Gasteiger partial charge in [-0.2, -0.15) is 0 Å². The molecular weight excluding hydrogens is 254 g/mol. The third kappa shape index (κ3) is 3.70. The number of amides is 1. The molecule has 1 saturated heterocycles. The fourth-order valence-electron chi connectivity index (χ4n) is 2.66. The van der Waals surface area contributed by atoms with Gasteiger partial charge in [0, 0.05) is 26.2 Å². The Balaban J connectivity index is 2.04. The molecule has 2 N–H and O–H groups in total. The molecule has 1 aromatic rings. The molecule has 2 heterocycles. The molecule has 2 rings (SSSR count). The maximum absolute atomic E-state index is 12.5. The molecule has 1 aromatic heterocycles. The summed E-state index contributed by atoms with van der Waals surface area (Å²) < 4.78 is 0. The van der Waals surface area contributed by atoms with Gasteiger partial charge in [0.05, 0.1) is 0 Å². The number of hydrogen-bond donors (Lipinski definition) is 2. The Morgan fingerprint density at radius 1 is 1.55 bits per heavy atom. The lowest BCUT2D eigenvalue weighted by Gasteiger charge is -2.32. The van der Waals surface area contributed by atoms with Crippen molar-refractivity contribution >= 4 is 11.7 Å². The lowest BCUT2D eigenvalue weighted by molar-refractivity contribution is 0.0648. The number of anilines is 1. The van der Waals surface area contributed by atoms with Crippen molar-refractivity contribution in [2.24, 2.45) is 5.92 Å². The van der Waals surface area contributed by atoms with Crippen molar-refractivity contribution in [3.8, 4) is 0 Å². The number of aromatic nitrogens is 1. The summed E-state index contributed by atoms with van der Waals surface area (Å²) in [6.45, 7) is 4.49. The van der Waals surface area contributed by atoms with E-state index in [2.05, 4.69) is 10.3 Å². The molecule has 5 nitrogen and oxygen atoms in total. The van der Waals surface area contributed by atoms with Gasteiger partial charge in [0.15, 0.2) is 0 Å². The lowest BCUT2D eigenvalue weighted by Crippen LogP contribution is -2.40. The zero-order valence-electron chi connectivity index (χ0n) is 12.0. The molecule has 1 aliphatic heterocycles. The molecule has 0 bridgehead atoms. The molecule has 0 radical (unpaired) electrons. The van der Waals surface area contributed by atoms with Crippen LogP contribution < -0.4 is 5.32 Å². The number of carbonyl (C=O) groups excluding carboxylic acids is 1. The minimum absolute atomic E-state index is 0.00704. The van der Waals surface area contributed by atoms with Crippen LogP contribution in [-0.2, 0) is 0 Å². The highest BCUT2D eigenvalue weighted by Gasteiger charge is 2.24. The number of nitrogens with one attached hydrogen (secondary N) is 1.